The van der Waals surface area contributed by atoms with E-state index in [0.717, 1.165) is 11.1 Å². The molecule has 0 atom stereocenters. The summed E-state index contributed by atoms with van der Waals surface area (Å²) in [6.45, 7) is -1.95. The molecule has 5 nitrogen and oxygen atoms in total. The van der Waals surface area contributed by atoms with Crippen molar-refractivity contribution in [2.75, 3.05) is 21.2 Å². The number of guanidine groups is 1. The fourth-order valence-electron chi connectivity index (χ4n) is 2.31. The van der Waals surface area contributed by atoms with Gasteiger partial charge < -0.3 is 19.7 Å². The molecule has 0 heterocycles. The lowest BCUT2D eigenvalue weighted by Gasteiger charge is -2.18. The second-order valence-electron chi connectivity index (χ2n) is 5.74. The number of methoxy groups -OCH3 is 1. The zero-order valence-electron chi connectivity index (χ0n) is 15.1. The average molecular weight is 363 g/mol. The van der Waals surface area contributed by atoms with Crippen molar-refractivity contribution in [1.82, 2.24) is 10.2 Å². The van der Waals surface area contributed by atoms with Crippen LogP contribution in [-0.4, -0.2) is 38.7 Å². The van der Waals surface area contributed by atoms with Crippen LogP contribution in [0.25, 0.3) is 0 Å². The molecule has 2 aromatic carbocycles. The largest absolute Gasteiger partial charge is 0.493 e. The van der Waals surface area contributed by atoms with Gasteiger partial charge in [0.15, 0.2) is 17.5 Å². The van der Waals surface area contributed by atoms with E-state index in [1.807, 2.05) is 49.3 Å². The first-order chi connectivity index (χ1) is 12.5. The van der Waals surface area contributed by atoms with Crippen LogP contribution in [-0.2, 0) is 13.1 Å². The van der Waals surface area contributed by atoms with Gasteiger partial charge in [-0.05, 0) is 23.3 Å². The van der Waals surface area contributed by atoms with Gasteiger partial charge in [0.1, 0.15) is 0 Å². The SMILES string of the molecule is COc1ccc(CN=C(NCc2ccccc2)N(C)C)cc1OC(F)F. The molecule has 0 aliphatic carbocycles. The number of hydrogen-bond acceptors (Lipinski definition) is 3. The lowest BCUT2D eigenvalue weighted by atomic mass is 10.2. The summed E-state index contributed by atoms with van der Waals surface area (Å²) in [6.07, 6.45) is 0. The minimum atomic E-state index is -2.91. The highest BCUT2D eigenvalue weighted by atomic mass is 19.3. The summed E-state index contributed by atoms with van der Waals surface area (Å²) in [5, 5.41) is 3.28. The van der Waals surface area contributed by atoms with Crippen molar-refractivity contribution in [3.05, 3.63) is 59.7 Å². The maximum atomic E-state index is 12.5. The lowest BCUT2D eigenvalue weighted by molar-refractivity contribution is -0.0512. The predicted octanol–water partition coefficient (Wildman–Crippen LogP) is 3.50. The Morgan fingerprint density at radius 2 is 1.81 bits per heavy atom. The molecule has 0 unspecified atom stereocenters. The maximum Gasteiger partial charge on any atom is 0.387 e. The van der Waals surface area contributed by atoms with Crippen LogP contribution in [0.4, 0.5) is 8.78 Å². The van der Waals surface area contributed by atoms with Gasteiger partial charge in [-0.1, -0.05) is 36.4 Å². The molecule has 2 rings (SSSR count). The highest BCUT2D eigenvalue weighted by molar-refractivity contribution is 5.79. The third kappa shape index (κ3) is 5.91. The average Bonchev–Trinajstić information content (AvgIpc) is 2.62. The van der Waals surface area contributed by atoms with Gasteiger partial charge in [0.25, 0.3) is 0 Å². The summed E-state index contributed by atoms with van der Waals surface area (Å²) < 4.78 is 34.6. The third-order valence-electron chi connectivity index (χ3n) is 3.57. The fourth-order valence-corrected chi connectivity index (χ4v) is 2.31. The Morgan fingerprint density at radius 3 is 2.42 bits per heavy atom. The minimum absolute atomic E-state index is 0.00107. The Labute approximate surface area is 152 Å². The lowest BCUT2D eigenvalue weighted by Crippen LogP contribution is -2.36. The van der Waals surface area contributed by atoms with E-state index in [1.165, 1.54) is 13.2 Å². The van der Waals surface area contributed by atoms with Crippen LogP contribution in [0, 0.1) is 0 Å². The molecule has 2 aromatic rings. The summed E-state index contributed by atoms with van der Waals surface area (Å²) in [5.41, 5.74) is 1.88. The second-order valence-corrected chi connectivity index (χ2v) is 5.74. The molecule has 140 valence electrons. The van der Waals surface area contributed by atoms with Crippen LogP contribution in [0.15, 0.2) is 53.5 Å². The van der Waals surface area contributed by atoms with Gasteiger partial charge in [0.2, 0.25) is 0 Å². The standard InChI is InChI=1S/C19H23F2N3O2/c1-24(2)19(22-12-14-7-5-4-6-8-14)23-13-15-9-10-16(25-3)17(11-15)26-18(20)21/h4-11,18H,12-13H2,1-3H3,(H,22,23). The Kier molecular flexibility index (Phi) is 7.20. The van der Waals surface area contributed by atoms with Gasteiger partial charge >= 0.3 is 6.61 Å². The van der Waals surface area contributed by atoms with E-state index in [2.05, 4.69) is 15.0 Å². The molecule has 1 N–H and O–H groups in total. The Balaban J connectivity index is 2.08. The quantitative estimate of drug-likeness (QED) is 0.604. The van der Waals surface area contributed by atoms with E-state index in [-0.39, 0.29) is 11.5 Å². The summed E-state index contributed by atoms with van der Waals surface area (Å²) in [4.78, 5) is 6.40. The first-order valence-electron chi connectivity index (χ1n) is 8.11. The molecule has 7 heteroatoms. The van der Waals surface area contributed by atoms with Crippen molar-refractivity contribution in [3.63, 3.8) is 0 Å². The van der Waals surface area contributed by atoms with E-state index in [1.54, 1.807) is 12.1 Å². The highest BCUT2D eigenvalue weighted by Crippen LogP contribution is 2.29. The van der Waals surface area contributed by atoms with Crippen LogP contribution in [0.5, 0.6) is 11.5 Å². The number of aliphatic imine (C=N–C) groups is 1. The minimum Gasteiger partial charge on any atom is -0.493 e. The zero-order chi connectivity index (χ0) is 18.9. The maximum absolute atomic E-state index is 12.5. The molecule has 0 aliphatic heterocycles. The molecule has 0 bridgehead atoms. The van der Waals surface area contributed by atoms with Gasteiger partial charge in [0.05, 0.1) is 13.7 Å². The monoisotopic (exact) mass is 363 g/mol. The summed E-state index contributed by atoms with van der Waals surface area (Å²) >= 11 is 0. The number of benzene rings is 2. The molecule has 26 heavy (non-hydrogen) atoms. The summed E-state index contributed by atoms with van der Waals surface area (Å²) in [6, 6.07) is 14.8. The van der Waals surface area contributed by atoms with Gasteiger partial charge in [-0.2, -0.15) is 8.78 Å². The molecule has 0 aromatic heterocycles. The predicted molar refractivity (Wildman–Crippen MR) is 97.7 cm³/mol. The molecule has 0 radical (unpaired) electrons. The van der Waals surface area contributed by atoms with Gasteiger partial charge in [0, 0.05) is 20.6 Å². The van der Waals surface area contributed by atoms with Crippen LogP contribution >= 0.6 is 0 Å². The van der Waals surface area contributed by atoms with Crippen LogP contribution in [0.3, 0.4) is 0 Å². The summed E-state index contributed by atoms with van der Waals surface area (Å²) in [5.74, 6) is 0.952. The van der Waals surface area contributed by atoms with Gasteiger partial charge in [-0.3, -0.25) is 0 Å². The van der Waals surface area contributed by atoms with Crippen molar-refractivity contribution in [2.45, 2.75) is 19.7 Å². The Morgan fingerprint density at radius 1 is 1.08 bits per heavy atom. The van der Waals surface area contributed by atoms with E-state index in [9.17, 15) is 8.78 Å². The van der Waals surface area contributed by atoms with Crippen molar-refractivity contribution >= 4 is 5.96 Å². The number of nitrogens with one attached hydrogen (secondary N) is 1. The van der Waals surface area contributed by atoms with Crippen LogP contribution < -0.4 is 14.8 Å². The first kappa shape index (κ1) is 19.5. The number of nitrogens with zero attached hydrogens (tertiary/aromatic N) is 2. The number of ether oxygens (including phenoxy) is 2. The number of rotatable bonds is 7. The molecule has 0 saturated carbocycles. The molecular weight excluding hydrogens is 340 g/mol. The number of halogens is 2. The molecule has 0 aliphatic rings. The van der Waals surface area contributed by atoms with Crippen molar-refractivity contribution in [3.8, 4) is 11.5 Å². The van der Waals surface area contributed by atoms with Crippen LogP contribution in [0.1, 0.15) is 11.1 Å². The smallest absolute Gasteiger partial charge is 0.387 e. The first-order valence-corrected chi connectivity index (χ1v) is 8.11. The van der Waals surface area contributed by atoms with Crippen molar-refractivity contribution in [1.29, 1.82) is 0 Å². The van der Waals surface area contributed by atoms with Gasteiger partial charge in [-0.15, -0.1) is 0 Å². The van der Waals surface area contributed by atoms with E-state index < -0.39 is 6.61 Å². The summed E-state index contributed by atoms with van der Waals surface area (Å²) in [7, 11) is 5.18. The molecule has 0 fully saturated rings. The number of hydrogen-bond donors (Lipinski definition) is 1. The van der Waals surface area contributed by atoms with Crippen LogP contribution in [0.2, 0.25) is 0 Å². The van der Waals surface area contributed by atoms with E-state index in [0.29, 0.717) is 19.0 Å². The van der Waals surface area contributed by atoms with Crippen molar-refractivity contribution in [2.24, 2.45) is 4.99 Å². The normalized spacial score (nSPS) is 11.4. The topological polar surface area (TPSA) is 46.1 Å². The third-order valence-corrected chi connectivity index (χ3v) is 3.57. The van der Waals surface area contributed by atoms with E-state index in [4.69, 9.17) is 4.74 Å². The van der Waals surface area contributed by atoms with E-state index >= 15 is 0 Å². The molecular formula is C19H23F2N3O2. The van der Waals surface area contributed by atoms with Crippen molar-refractivity contribution < 1.29 is 18.3 Å². The van der Waals surface area contributed by atoms with Gasteiger partial charge in [-0.25, -0.2) is 4.99 Å². The molecule has 0 saturated heterocycles. The highest BCUT2D eigenvalue weighted by Gasteiger charge is 2.11. The number of alkyl halides is 2. The second kappa shape index (κ2) is 9.60. The molecule has 0 amide bonds. The molecule has 0 spiro atoms. The Hall–Kier alpha value is -2.83. The zero-order valence-corrected chi connectivity index (χ0v) is 15.1. The fraction of sp³-hybridized carbons (Fsp3) is 0.316. The Bertz CT molecular complexity index is 722.